The standard InChI is InChI=1S/C21H25F2N3O4/c1-4-10-7-25(9-21(10,2)24)17-14(23)5-11-16(19(17)30-3)26(15-6-13(15)22)8-12(18(11)27)20(28)29/h5,8,10,13,15H,4,6-7,9,24H2,1-3H3,(H,28,29)/t10?,13-,15+,21?/m0/s1. The van der Waals surface area contributed by atoms with Gasteiger partial charge in [0, 0.05) is 31.2 Å². The van der Waals surface area contributed by atoms with E-state index in [9.17, 15) is 19.1 Å². The van der Waals surface area contributed by atoms with E-state index in [1.807, 2.05) is 13.8 Å². The highest BCUT2D eigenvalue weighted by Crippen LogP contribution is 2.46. The van der Waals surface area contributed by atoms with Crippen molar-refractivity contribution in [3.05, 3.63) is 33.9 Å². The molecule has 0 spiro atoms. The van der Waals surface area contributed by atoms with E-state index in [2.05, 4.69) is 0 Å². The Morgan fingerprint density at radius 3 is 2.63 bits per heavy atom. The van der Waals surface area contributed by atoms with Crippen molar-refractivity contribution in [1.82, 2.24) is 4.57 Å². The van der Waals surface area contributed by atoms with Crippen LogP contribution in [0, 0.1) is 11.7 Å². The second-order valence-corrected chi connectivity index (χ2v) is 8.53. The summed E-state index contributed by atoms with van der Waals surface area (Å²) in [7, 11) is 1.35. The minimum atomic E-state index is -1.45. The molecule has 9 heteroatoms. The van der Waals surface area contributed by atoms with Crippen molar-refractivity contribution in [2.75, 3.05) is 25.1 Å². The van der Waals surface area contributed by atoms with E-state index in [0.717, 1.165) is 18.7 Å². The maximum Gasteiger partial charge on any atom is 0.341 e. The molecule has 4 rings (SSSR count). The number of aromatic carboxylic acids is 1. The first-order chi connectivity index (χ1) is 14.1. The van der Waals surface area contributed by atoms with Gasteiger partial charge in [-0.05, 0) is 25.3 Å². The summed E-state index contributed by atoms with van der Waals surface area (Å²) in [6.07, 6.45) is 0.973. The minimum absolute atomic E-state index is 0.0886. The third-order valence-corrected chi connectivity index (χ3v) is 6.39. The molecule has 1 aromatic heterocycles. The summed E-state index contributed by atoms with van der Waals surface area (Å²) in [4.78, 5) is 26.1. The topological polar surface area (TPSA) is 97.8 Å². The fraction of sp³-hybridized carbons (Fsp3) is 0.524. The molecule has 162 valence electrons. The van der Waals surface area contributed by atoms with Crippen LogP contribution in [0.15, 0.2) is 17.1 Å². The Morgan fingerprint density at radius 2 is 2.13 bits per heavy atom. The molecule has 2 aliphatic rings. The minimum Gasteiger partial charge on any atom is -0.492 e. The molecule has 1 saturated heterocycles. The number of nitrogens with two attached hydrogens (primary N) is 1. The second-order valence-electron chi connectivity index (χ2n) is 8.53. The van der Waals surface area contributed by atoms with Crippen LogP contribution in [0.4, 0.5) is 14.5 Å². The van der Waals surface area contributed by atoms with Crippen LogP contribution in [0.5, 0.6) is 5.75 Å². The number of hydrogen-bond acceptors (Lipinski definition) is 5. The van der Waals surface area contributed by atoms with Crippen LogP contribution in [0.2, 0.25) is 0 Å². The summed E-state index contributed by atoms with van der Waals surface area (Å²) in [5.41, 5.74) is 4.89. The van der Waals surface area contributed by atoms with Gasteiger partial charge in [0.25, 0.3) is 0 Å². The average Bonchev–Trinajstić information content (AvgIpc) is 3.31. The molecule has 7 nitrogen and oxygen atoms in total. The first kappa shape index (κ1) is 20.6. The van der Waals surface area contributed by atoms with Gasteiger partial charge >= 0.3 is 5.97 Å². The van der Waals surface area contributed by atoms with Crippen molar-refractivity contribution in [3.63, 3.8) is 0 Å². The van der Waals surface area contributed by atoms with Gasteiger partial charge in [0.2, 0.25) is 5.43 Å². The molecule has 30 heavy (non-hydrogen) atoms. The Labute approximate surface area is 172 Å². The molecule has 0 radical (unpaired) electrons. The Kier molecular flexibility index (Phi) is 4.76. The third-order valence-electron chi connectivity index (χ3n) is 6.39. The van der Waals surface area contributed by atoms with E-state index in [4.69, 9.17) is 10.5 Å². The van der Waals surface area contributed by atoms with Crippen molar-refractivity contribution in [2.45, 2.75) is 44.4 Å². The van der Waals surface area contributed by atoms with Crippen molar-refractivity contribution >= 4 is 22.6 Å². The maximum atomic E-state index is 15.3. The molecule has 0 amide bonds. The van der Waals surface area contributed by atoms with Crippen molar-refractivity contribution < 1.29 is 23.4 Å². The Hall–Kier alpha value is -2.68. The number of carbonyl (C=O) groups is 1. The monoisotopic (exact) mass is 421 g/mol. The maximum absolute atomic E-state index is 15.3. The molecule has 1 saturated carbocycles. The summed E-state index contributed by atoms with van der Waals surface area (Å²) < 4.78 is 36.2. The smallest absolute Gasteiger partial charge is 0.341 e. The summed E-state index contributed by atoms with van der Waals surface area (Å²) in [6, 6.07) is 0.404. The zero-order valence-corrected chi connectivity index (χ0v) is 17.1. The number of carboxylic acid groups (broad SMARTS) is 1. The number of pyridine rings is 1. The molecule has 3 N–H and O–H groups in total. The predicted octanol–water partition coefficient (Wildman–Crippen LogP) is 2.69. The first-order valence-electron chi connectivity index (χ1n) is 9.97. The van der Waals surface area contributed by atoms with Gasteiger partial charge in [-0.3, -0.25) is 4.79 Å². The molecular formula is C21H25F2N3O4. The van der Waals surface area contributed by atoms with Crippen LogP contribution in [0.3, 0.4) is 0 Å². The van der Waals surface area contributed by atoms with Crippen LogP contribution < -0.4 is 20.8 Å². The van der Waals surface area contributed by atoms with Gasteiger partial charge in [-0.25, -0.2) is 13.6 Å². The number of halogens is 2. The summed E-state index contributed by atoms with van der Waals surface area (Å²) in [6.45, 7) is 4.83. The number of carboxylic acids is 1. The molecule has 1 aliphatic carbocycles. The lowest BCUT2D eigenvalue weighted by Crippen LogP contribution is -2.44. The number of nitrogens with zero attached hydrogens (tertiary/aromatic N) is 2. The lowest BCUT2D eigenvalue weighted by molar-refractivity contribution is 0.0694. The highest BCUT2D eigenvalue weighted by atomic mass is 19.1. The van der Waals surface area contributed by atoms with Gasteiger partial charge in [-0.2, -0.15) is 0 Å². The van der Waals surface area contributed by atoms with Crippen molar-refractivity contribution in [1.29, 1.82) is 0 Å². The predicted molar refractivity (Wildman–Crippen MR) is 109 cm³/mol. The molecule has 2 aromatic rings. The second kappa shape index (κ2) is 6.94. The third kappa shape index (κ3) is 3.03. The van der Waals surface area contributed by atoms with Gasteiger partial charge in [-0.1, -0.05) is 6.92 Å². The number of rotatable bonds is 5. The first-order valence-corrected chi connectivity index (χ1v) is 9.97. The van der Waals surface area contributed by atoms with Crippen molar-refractivity contribution in [3.8, 4) is 5.75 Å². The Morgan fingerprint density at radius 1 is 1.47 bits per heavy atom. The molecular weight excluding hydrogens is 396 g/mol. The van der Waals surface area contributed by atoms with Gasteiger partial charge in [0.05, 0.1) is 24.1 Å². The number of aromatic nitrogens is 1. The molecule has 1 aliphatic heterocycles. The highest BCUT2D eigenvalue weighted by molar-refractivity contribution is 5.97. The lowest BCUT2D eigenvalue weighted by Gasteiger charge is -2.26. The summed E-state index contributed by atoms with van der Waals surface area (Å²) in [5.74, 6) is -1.93. The van der Waals surface area contributed by atoms with Gasteiger partial charge in [0.1, 0.15) is 17.4 Å². The van der Waals surface area contributed by atoms with E-state index in [0.29, 0.717) is 13.1 Å². The van der Waals surface area contributed by atoms with Crippen LogP contribution in [-0.4, -0.2) is 47.6 Å². The molecule has 0 bridgehead atoms. The number of methoxy groups -OCH3 is 1. The van der Waals surface area contributed by atoms with E-state index in [-0.39, 0.29) is 34.7 Å². The fourth-order valence-electron chi connectivity index (χ4n) is 4.63. The molecule has 2 unspecified atom stereocenters. The van der Waals surface area contributed by atoms with E-state index < -0.39 is 40.5 Å². The van der Waals surface area contributed by atoms with E-state index >= 15 is 4.39 Å². The fourth-order valence-corrected chi connectivity index (χ4v) is 4.63. The summed E-state index contributed by atoms with van der Waals surface area (Å²) in [5, 5.41) is 9.26. The average molecular weight is 421 g/mol. The van der Waals surface area contributed by atoms with Crippen LogP contribution in [-0.2, 0) is 0 Å². The number of ether oxygens (including phenoxy) is 1. The SMILES string of the molecule is CCC1CN(c2c(F)cc3c(=O)c(C(=O)O)cn([C@@H]4C[C@@H]4F)c3c2OC)CC1(C)N. The quantitative estimate of drug-likeness (QED) is 0.771. The Bertz CT molecular complexity index is 1100. The van der Waals surface area contributed by atoms with Gasteiger partial charge < -0.3 is 25.0 Å². The number of anilines is 1. The molecule has 1 aromatic carbocycles. The number of fused-ring (bicyclic) bond motifs is 1. The number of alkyl halides is 1. The van der Waals surface area contributed by atoms with Crippen LogP contribution in [0.1, 0.15) is 43.1 Å². The van der Waals surface area contributed by atoms with E-state index in [1.54, 1.807) is 4.90 Å². The number of hydrogen-bond donors (Lipinski definition) is 2. The van der Waals surface area contributed by atoms with Crippen molar-refractivity contribution in [2.24, 2.45) is 11.7 Å². The summed E-state index contributed by atoms with van der Waals surface area (Å²) >= 11 is 0. The van der Waals surface area contributed by atoms with Crippen LogP contribution in [0.25, 0.3) is 10.9 Å². The zero-order valence-electron chi connectivity index (χ0n) is 17.1. The zero-order chi connectivity index (χ0) is 22.0. The normalized spacial score (nSPS) is 28.2. The largest absolute Gasteiger partial charge is 0.492 e. The molecule has 4 atom stereocenters. The molecule has 2 fully saturated rings. The van der Waals surface area contributed by atoms with Gasteiger partial charge in [-0.15, -0.1) is 0 Å². The van der Waals surface area contributed by atoms with Gasteiger partial charge in [0.15, 0.2) is 11.6 Å². The number of benzene rings is 1. The van der Waals surface area contributed by atoms with Crippen LogP contribution >= 0.6 is 0 Å². The molecule has 2 heterocycles. The lowest BCUT2D eigenvalue weighted by atomic mass is 9.88. The highest BCUT2D eigenvalue weighted by Gasteiger charge is 2.43. The Balaban J connectivity index is 2.01. The van der Waals surface area contributed by atoms with E-state index in [1.165, 1.54) is 11.7 Å².